The molecule has 0 aromatic heterocycles. The first-order valence-electron chi connectivity index (χ1n) is 26.7. The lowest BCUT2D eigenvalue weighted by Gasteiger charge is -2.45. The van der Waals surface area contributed by atoms with Crippen molar-refractivity contribution in [1.82, 2.24) is 0 Å². The maximum atomic E-state index is 13.8. The van der Waals surface area contributed by atoms with Crippen molar-refractivity contribution in [3.8, 4) is 0 Å². The topological polar surface area (TPSA) is 343 Å². The molecule has 0 radical (unpaired) electrons. The van der Waals surface area contributed by atoms with Crippen LogP contribution in [0.3, 0.4) is 0 Å². The van der Waals surface area contributed by atoms with Crippen molar-refractivity contribution < 1.29 is 75.5 Å². The van der Waals surface area contributed by atoms with Crippen molar-refractivity contribution in [2.75, 3.05) is 6.54 Å². The van der Waals surface area contributed by atoms with Gasteiger partial charge in [-0.15, -0.1) is 0 Å². The van der Waals surface area contributed by atoms with E-state index in [1.165, 1.54) is 6.08 Å². The Hall–Kier alpha value is -2.56. The molecular formula is C54H99N3O15. The molecule has 2 rings (SSSR count). The number of fused-ring (bicyclic) bond motifs is 2. The second-order valence-corrected chi connectivity index (χ2v) is 22.2. The molecule has 2 bridgehead atoms. The highest BCUT2D eigenvalue weighted by Crippen LogP contribution is 2.36. The fourth-order valence-electron chi connectivity index (χ4n) is 9.98. The first kappa shape index (κ1) is 65.6. The smallest absolute Gasteiger partial charge is 0.311 e. The number of nitrogens with zero attached hydrogens (tertiary/aromatic N) is 1. The number of hydrogen-bond donors (Lipinski definition) is 14. The van der Waals surface area contributed by atoms with Gasteiger partial charge in [-0.05, 0) is 115 Å². The van der Waals surface area contributed by atoms with Crippen LogP contribution < -0.4 is 11.5 Å². The maximum absolute atomic E-state index is 13.8. The molecule has 0 saturated carbocycles. The molecule has 2 heterocycles. The van der Waals surface area contributed by atoms with Gasteiger partial charge in [0.2, 0.25) is 0 Å². The summed E-state index contributed by atoms with van der Waals surface area (Å²) in [6.07, 6.45) is -3.63. The number of allylic oxidation sites excluding steroid dienone is 3. The second kappa shape index (κ2) is 32.1. The highest BCUT2D eigenvalue weighted by atomic mass is 16.7. The van der Waals surface area contributed by atoms with Gasteiger partial charge >= 0.3 is 5.97 Å². The van der Waals surface area contributed by atoms with E-state index in [4.69, 9.17) is 20.9 Å². The van der Waals surface area contributed by atoms with Crippen LogP contribution in [-0.2, 0) is 14.3 Å². The summed E-state index contributed by atoms with van der Waals surface area (Å²) >= 11 is 0. The van der Waals surface area contributed by atoms with Crippen molar-refractivity contribution in [3.05, 3.63) is 35.5 Å². The van der Waals surface area contributed by atoms with E-state index in [-0.39, 0.29) is 62.7 Å². The molecule has 420 valence electrons. The van der Waals surface area contributed by atoms with Gasteiger partial charge in [0.15, 0.2) is 11.7 Å². The summed E-state index contributed by atoms with van der Waals surface area (Å²) in [6.45, 7) is 16.7. The fourth-order valence-corrected chi connectivity index (χ4v) is 9.98. The molecule has 1 saturated heterocycles. The van der Waals surface area contributed by atoms with E-state index < -0.39 is 127 Å². The van der Waals surface area contributed by atoms with Crippen LogP contribution in [0.25, 0.3) is 0 Å². The van der Waals surface area contributed by atoms with Gasteiger partial charge in [0.05, 0.1) is 73.1 Å². The molecule has 18 nitrogen and oxygen atoms in total. The summed E-state index contributed by atoms with van der Waals surface area (Å²) in [7, 11) is 0. The van der Waals surface area contributed by atoms with Gasteiger partial charge in [0.1, 0.15) is 12.2 Å². The van der Waals surface area contributed by atoms with Gasteiger partial charge in [-0.1, -0.05) is 77.8 Å². The third-order valence-electron chi connectivity index (χ3n) is 15.5. The lowest BCUT2D eigenvalue weighted by atomic mass is 9.83. The number of aliphatic imine (C=N–C) groups is 1. The summed E-state index contributed by atoms with van der Waals surface area (Å²) in [5.74, 6) is -6.65. The first-order valence-corrected chi connectivity index (χ1v) is 26.7. The standard InChI is InChI=1S/C54H99N3O15/c1-30(15-12-10-11-13-22-57-53(55)56)23-35(6)50-34(5)17-14-16-33(4)49(67)37(8)45(63)26-40(59)24-39(58)25-41-27-47(65)51(68)54(70,72-41)29-48(66)32(3)19-20-42(60)36(7)46(64)28-44(62)31(2)18-21-43(61)38(9)52(69)71-50/h15-16,18,21,31-32,34-51,58-68,70H,10-14,17,19-20,22-29H2,1-9H3,(H4,55,56,57). The number of cyclic esters (lactones) is 1. The van der Waals surface area contributed by atoms with Crippen molar-refractivity contribution in [2.45, 2.75) is 244 Å². The molecule has 21 unspecified atom stereocenters. The number of rotatable bonds is 9. The Balaban J connectivity index is 2.37. The fraction of sp³-hybridized carbons (Fsp3) is 0.852. The number of aliphatic hydroxyl groups excluding tert-OH is 11. The Morgan fingerprint density at radius 1 is 0.750 bits per heavy atom. The molecule has 0 aromatic rings. The number of carbonyl (C=O) groups is 1. The van der Waals surface area contributed by atoms with Gasteiger partial charge in [0.25, 0.3) is 0 Å². The molecule has 0 spiro atoms. The predicted molar refractivity (Wildman–Crippen MR) is 277 cm³/mol. The number of hydrogen-bond acceptors (Lipinski definition) is 16. The summed E-state index contributed by atoms with van der Waals surface area (Å²) in [5.41, 5.74) is 12.6. The van der Waals surface area contributed by atoms with E-state index in [9.17, 15) is 66.1 Å². The number of aliphatic hydroxyl groups is 12. The quantitative estimate of drug-likeness (QED) is 0.0519. The zero-order valence-corrected chi connectivity index (χ0v) is 44.9. The Morgan fingerprint density at radius 3 is 2.04 bits per heavy atom. The lowest BCUT2D eigenvalue weighted by molar-refractivity contribution is -0.333. The van der Waals surface area contributed by atoms with E-state index >= 15 is 0 Å². The van der Waals surface area contributed by atoms with Crippen LogP contribution in [-0.4, -0.2) is 165 Å². The van der Waals surface area contributed by atoms with Crippen LogP contribution in [0.5, 0.6) is 0 Å². The van der Waals surface area contributed by atoms with Crippen LogP contribution in [0.2, 0.25) is 0 Å². The van der Waals surface area contributed by atoms with Gasteiger partial charge in [-0.2, -0.15) is 0 Å². The third-order valence-corrected chi connectivity index (χ3v) is 15.5. The zero-order chi connectivity index (χ0) is 54.6. The molecule has 1 fully saturated rings. The second-order valence-electron chi connectivity index (χ2n) is 22.2. The lowest BCUT2D eigenvalue weighted by Crippen LogP contribution is -2.59. The van der Waals surface area contributed by atoms with Crippen molar-refractivity contribution in [1.29, 1.82) is 0 Å². The van der Waals surface area contributed by atoms with Crippen LogP contribution in [0.1, 0.15) is 159 Å². The number of guanidine groups is 1. The number of ether oxygens (including phenoxy) is 2. The van der Waals surface area contributed by atoms with Gasteiger partial charge in [0, 0.05) is 43.6 Å². The van der Waals surface area contributed by atoms with Crippen LogP contribution >= 0.6 is 0 Å². The van der Waals surface area contributed by atoms with Crippen molar-refractivity contribution in [2.24, 2.45) is 57.9 Å². The zero-order valence-electron chi connectivity index (χ0n) is 44.9. The third kappa shape index (κ3) is 22.3. The Labute approximate surface area is 429 Å². The largest absolute Gasteiger partial charge is 0.462 e. The maximum Gasteiger partial charge on any atom is 0.311 e. The minimum absolute atomic E-state index is 0.0808. The molecule has 0 amide bonds. The monoisotopic (exact) mass is 1030 g/mol. The molecule has 0 aliphatic carbocycles. The summed E-state index contributed by atoms with van der Waals surface area (Å²) in [5, 5.41) is 133. The van der Waals surface area contributed by atoms with Gasteiger partial charge < -0.3 is 82.2 Å². The predicted octanol–water partition coefficient (Wildman–Crippen LogP) is 3.00. The summed E-state index contributed by atoms with van der Waals surface area (Å²) in [6, 6.07) is 0. The molecule has 0 aromatic carbocycles. The van der Waals surface area contributed by atoms with E-state index in [1.807, 2.05) is 19.9 Å². The normalized spacial score (nSPS) is 40.5. The van der Waals surface area contributed by atoms with Crippen LogP contribution in [0.4, 0.5) is 0 Å². The van der Waals surface area contributed by atoms with Crippen LogP contribution in [0, 0.1) is 41.4 Å². The highest BCUT2D eigenvalue weighted by molar-refractivity contribution is 5.75. The summed E-state index contributed by atoms with van der Waals surface area (Å²) in [4.78, 5) is 17.8. The highest BCUT2D eigenvalue weighted by Gasteiger charge is 2.50. The average molecular weight is 1030 g/mol. The number of carbonyl (C=O) groups excluding carboxylic acids is 1. The Bertz CT molecular complexity index is 1680. The van der Waals surface area contributed by atoms with Crippen LogP contribution in [0.15, 0.2) is 40.4 Å². The minimum atomic E-state index is -2.40. The van der Waals surface area contributed by atoms with E-state index in [0.29, 0.717) is 31.4 Å². The molecule has 16 N–H and O–H groups in total. The Kier molecular flexibility index (Phi) is 29.2. The van der Waals surface area contributed by atoms with Gasteiger partial charge in [-0.25, -0.2) is 0 Å². The van der Waals surface area contributed by atoms with Crippen molar-refractivity contribution in [3.63, 3.8) is 0 Å². The molecule has 21 atom stereocenters. The Morgan fingerprint density at radius 2 is 1.39 bits per heavy atom. The summed E-state index contributed by atoms with van der Waals surface area (Å²) < 4.78 is 12.1. The number of esters is 1. The molecule has 2 aliphatic heterocycles. The van der Waals surface area contributed by atoms with E-state index in [0.717, 1.165) is 31.3 Å². The molecular weight excluding hydrogens is 931 g/mol. The average Bonchev–Trinajstić information content (AvgIpc) is 3.30. The molecule has 2 aliphatic rings. The number of nitrogens with two attached hydrogens (primary N) is 2. The van der Waals surface area contributed by atoms with Crippen molar-refractivity contribution >= 4 is 11.9 Å². The minimum Gasteiger partial charge on any atom is -0.462 e. The number of unbranched alkanes of at least 4 members (excludes halogenated alkanes) is 3. The van der Waals surface area contributed by atoms with E-state index in [2.05, 4.69) is 18.0 Å². The SMILES string of the molecule is CC(=CCCCCCN=C(N)N)CC(C)C1OC(=O)C(C)C(O)C=CC(C)C(O)CC(O)C(C)C(O)CCC(C)C(O)CC2(O)OC(CC(O)CC(O)CC(O)C(C)C(O)C(C)=CCCC1C)CC(O)C2O. The van der Waals surface area contributed by atoms with Gasteiger partial charge in [-0.3, -0.25) is 9.79 Å². The molecule has 72 heavy (non-hydrogen) atoms. The molecule has 18 heteroatoms. The van der Waals surface area contributed by atoms with E-state index in [1.54, 1.807) is 47.6 Å². The first-order chi connectivity index (χ1) is 33.6.